The Morgan fingerprint density at radius 2 is 2.35 bits per heavy atom. The second-order valence-corrected chi connectivity index (χ2v) is 5.98. The van der Waals surface area contributed by atoms with Crippen molar-refractivity contribution in [3.63, 3.8) is 0 Å². The molecule has 0 aromatic heterocycles. The number of guanidine groups is 1. The second kappa shape index (κ2) is 12.0. The van der Waals surface area contributed by atoms with Crippen LogP contribution in [0.5, 0.6) is 0 Å². The third-order valence-corrected chi connectivity index (χ3v) is 3.78. The van der Waals surface area contributed by atoms with Crippen LogP contribution < -0.4 is 10.6 Å². The predicted octanol–water partition coefficient (Wildman–Crippen LogP) is 2.56. The fourth-order valence-corrected chi connectivity index (χ4v) is 2.45. The fraction of sp³-hybridized carbons (Fsp3) is 0.556. The minimum Gasteiger partial charge on any atom is -0.379 e. The number of rotatable bonds is 7. The second-order valence-electron chi connectivity index (χ2n) is 5.98. The summed E-state index contributed by atoms with van der Waals surface area (Å²) in [5, 5.41) is 15.3. The highest BCUT2D eigenvalue weighted by molar-refractivity contribution is 14.0. The number of hydrogen-bond donors (Lipinski definition) is 2. The summed E-state index contributed by atoms with van der Waals surface area (Å²) in [6.45, 7) is 6.75. The largest absolute Gasteiger partial charge is 0.379 e. The smallest absolute Gasteiger partial charge is 0.191 e. The Labute approximate surface area is 171 Å². The van der Waals surface area contributed by atoms with Crippen molar-refractivity contribution in [1.82, 2.24) is 10.6 Å². The molecule has 2 rings (SSSR count). The van der Waals surface area contributed by atoms with E-state index in [1.54, 1.807) is 0 Å². The molecule has 1 aromatic rings. The molecule has 0 aliphatic carbocycles. The first-order valence-corrected chi connectivity index (χ1v) is 8.55. The quantitative estimate of drug-likeness (QED) is 0.360. The molecule has 1 heterocycles. The normalized spacial score (nSPS) is 17.9. The molecule has 1 saturated heterocycles. The minimum atomic E-state index is -0.365. The zero-order chi connectivity index (χ0) is 18.1. The zero-order valence-electron chi connectivity index (χ0n) is 15.1. The molecular formula is C18H26FIN4O2. The summed E-state index contributed by atoms with van der Waals surface area (Å²) in [5.41, 5.74) is 0.813. The van der Waals surface area contributed by atoms with Gasteiger partial charge in [-0.2, -0.15) is 5.26 Å². The molecule has 0 amide bonds. The maximum absolute atomic E-state index is 13.8. The van der Waals surface area contributed by atoms with Crippen LogP contribution in [0.3, 0.4) is 0 Å². The summed E-state index contributed by atoms with van der Waals surface area (Å²) in [4.78, 5) is 4.40. The van der Waals surface area contributed by atoms with Crippen molar-refractivity contribution in [1.29, 1.82) is 5.26 Å². The van der Waals surface area contributed by atoms with E-state index < -0.39 is 0 Å². The Balaban J connectivity index is 0.00000338. The van der Waals surface area contributed by atoms with Crippen LogP contribution in [0.15, 0.2) is 23.2 Å². The number of halogens is 2. The summed E-state index contributed by atoms with van der Waals surface area (Å²) in [7, 11) is 0. The summed E-state index contributed by atoms with van der Waals surface area (Å²) in [6.07, 6.45) is 1.08. The lowest BCUT2D eigenvalue weighted by Crippen LogP contribution is -2.44. The van der Waals surface area contributed by atoms with Crippen LogP contribution in [0.1, 0.15) is 31.4 Å². The SMILES string of the molecule is CCNC(=NCc1cc(C#N)ccc1F)NC(C)COC1CCOC1.I. The molecule has 1 aromatic carbocycles. The van der Waals surface area contributed by atoms with Crippen LogP contribution in [-0.4, -0.2) is 44.5 Å². The third-order valence-electron chi connectivity index (χ3n) is 3.78. The van der Waals surface area contributed by atoms with Crippen molar-refractivity contribution >= 4 is 29.9 Å². The van der Waals surface area contributed by atoms with Crippen molar-refractivity contribution in [3.8, 4) is 6.07 Å². The van der Waals surface area contributed by atoms with Crippen LogP contribution >= 0.6 is 24.0 Å². The van der Waals surface area contributed by atoms with Gasteiger partial charge in [0.25, 0.3) is 0 Å². The topological polar surface area (TPSA) is 78.7 Å². The van der Waals surface area contributed by atoms with Gasteiger partial charge in [0.2, 0.25) is 0 Å². The van der Waals surface area contributed by atoms with E-state index in [0.29, 0.717) is 36.8 Å². The van der Waals surface area contributed by atoms with E-state index in [1.165, 1.54) is 18.2 Å². The minimum absolute atomic E-state index is 0. The average Bonchev–Trinajstić information content (AvgIpc) is 3.13. The highest BCUT2D eigenvalue weighted by Crippen LogP contribution is 2.11. The van der Waals surface area contributed by atoms with Gasteiger partial charge < -0.3 is 20.1 Å². The Kier molecular flexibility index (Phi) is 10.5. The molecule has 0 radical (unpaired) electrons. The molecule has 8 heteroatoms. The number of hydrogen-bond acceptors (Lipinski definition) is 4. The number of nitrogens with zero attached hydrogens (tertiary/aromatic N) is 2. The van der Waals surface area contributed by atoms with Crippen LogP contribution in [0.25, 0.3) is 0 Å². The molecule has 1 aliphatic heterocycles. The summed E-state index contributed by atoms with van der Waals surface area (Å²) in [6, 6.07) is 6.33. The first-order valence-electron chi connectivity index (χ1n) is 8.55. The molecule has 0 saturated carbocycles. The van der Waals surface area contributed by atoms with Crippen molar-refractivity contribution in [2.45, 2.75) is 39.0 Å². The van der Waals surface area contributed by atoms with Crippen molar-refractivity contribution < 1.29 is 13.9 Å². The van der Waals surface area contributed by atoms with Gasteiger partial charge in [-0.1, -0.05) is 0 Å². The molecule has 6 nitrogen and oxygen atoms in total. The first kappa shape index (κ1) is 22.6. The van der Waals surface area contributed by atoms with E-state index in [1.807, 2.05) is 19.9 Å². The fourth-order valence-electron chi connectivity index (χ4n) is 2.45. The highest BCUT2D eigenvalue weighted by Gasteiger charge is 2.17. The van der Waals surface area contributed by atoms with E-state index in [2.05, 4.69) is 15.6 Å². The summed E-state index contributed by atoms with van der Waals surface area (Å²) >= 11 is 0. The Bertz CT molecular complexity index is 630. The van der Waals surface area contributed by atoms with E-state index in [0.717, 1.165) is 13.0 Å². The van der Waals surface area contributed by atoms with Crippen molar-refractivity contribution in [2.24, 2.45) is 4.99 Å². The van der Waals surface area contributed by atoms with E-state index in [-0.39, 0.29) is 48.5 Å². The number of aliphatic imine (C=N–C) groups is 1. The van der Waals surface area contributed by atoms with Gasteiger partial charge in [0.05, 0.1) is 37.5 Å². The monoisotopic (exact) mass is 476 g/mol. The zero-order valence-corrected chi connectivity index (χ0v) is 17.5. The lowest BCUT2D eigenvalue weighted by Gasteiger charge is -2.19. The Morgan fingerprint density at radius 3 is 3.00 bits per heavy atom. The van der Waals surface area contributed by atoms with Crippen LogP contribution in [-0.2, 0) is 16.0 Å². The lowest BCUT2D eigenvalue weighted by molar-refractivity contribution is 0.0347. The summed E-state index contributed by atoms with van der Waals surface area (Å²) in [5.74, 6) is 0.222. The molecule has 2 unspecified atom stereocenters. The van der Waals surface area contributed by atoms with Gasteiger partial charge in [-0.25, -0.2) is 9.38 Å². The third kappa shape index (κ3) is 7.43. The van der Waals surface area contributed by atoms with Crippen molar-refractivity contribution in [3.05, 3.63) is 35.1 Å². The molecule has 2 N–H and O–H groups in total. The van der Waals surface area contributed by atoms with Gasteiger partial charge in [0, 0.05) is 24.8 Å². The van der Waals surface area contributed by atoms with Gasteiger partial charge in [-0.05, 0) is 38.5 Å². The van der Waals surface area contributed by atoms with Gasteiger partial charge in [-0.3, -0.25) is 0 Å². The van der Waals surface area contributed by atoms with E-state index in [9.17, 15) is 4.39 Å². The lowest BCUT2D eigenvalue weighted by atomic mass is 10.1. The number of nitriles is 1. The van der Waals surface area contributed by atoms with Crippen LogP contribution in [0.2, 0.25) is 0 Å². The Hall–Kier alpha value is -1.44. The average molecular weight is 476 g/mol. The molecular weight excluding hydrogens is 450 g/mol. The molecule has 0 bridgehead atoms. The number of ether oxygens (including phenoxy) is 2. The molecule has 2 atom stereocenters. The van der Waals surface area contributed by atoms with Crippen LogP contribution in [0.4, 0.5) is 4.39 Å². The van der Waals surface area contributed by atoms with Gasteiger partial charge in [-0.15, -0.1) is 24.0 Å². The summed E-state index contributed by atoms with van der Waals surface area (Å²) < 4.78 is 24.9. The molecule has 26 heavy (non-hydrogen) atoms. The van der Waals surface area contributed by atoms with E-state index >= 15 is 0 Å². The highest BCUT2D eigenvalue weighted by atomic mass is 127. The standard InChI is InChI=1S/C18H25FN4O2.HI/c1-3-21-18(23-13(2)11-25-16-6-7-24-12-16)22-10-15-8-14(9-20)4-5-17(15)19;/h4-5,8,13,16H,3,6-7,10-12H2,1-2H3,(H2,21,22,23);1H. The van der Waals surface area contributed by atoms with Crippen molar-refractivity contribution in [2.75, 3.05) is 26.4 Å². The molecule has 0 spiro atoms. The van der Waals surface area contributed by atoms with Gasteiger partial charge >= 0.3 is 0 Å². The van der Waals surface area contributed by atoms with Crippen LogP contribution in [0, 0.1) is 17.1 Å². The number of benzene rings is 1. The number of nitrogens with one attached hydrogen (secondary N) is 2. The van der Waals surface area contributed by atoms with E-state index in [4.69, 9.17) is 14.7 Å². The molecule has 144 valence electrons. The first-order chi connectivity index (χ1) is 12.1. The maximum Gasteiger partial charge on any atom is 0.191 e. The van der Waals surface area contributed by atoms with Gasteiger partial charge in [0.1, 0.15) is 5.82 Å². The predicted molar refractivity (Wildman–Crippen MR) is 109 cm³/mol. The maximum atomic E-state index is 13.8. The Morgan fingerprint density at radius 1 is 1.54 bits per heavy atom. The van der Waals surface area contributed by atoms with Gasteiger partial charge in [0.15, 0.2) is 5.96 Å². The molecule has 1 aliphatic rings. The molecule has 1 fully saturated rings.